The summed E-state index contributed by atoms with van der Waals surface area (Å²) in [6.45, 7) is 1.59. The Hall–Kier alpha value is -1.30. The number of aromatic nitrogens is 1. The van der Waals surface area contributed by atoms with E-state index >= 15 is 0 Å². The molecule has 7 heteroatoms. The maximum Gasteiger partial charge on any atom is 0.341 e. The molecule has 0 radical (unpaired) electrons. The SMILES string of the molecule is CCOC(=O)c1c(C(F)F)ncc(I)c1C#N. The molecule has 1 rings (SSSR count). The van der Waals surface area contributed by atoms with E-state index in [4.69, 9.17) is 5.26 Å². The lowest BCUT2D eigenvalue weighted by atomic mass is 10.1. The second-order valence-electron chi connectivity index (χ2n) is 2.87. The second kappa shape index (κ2) is 5.86. The van der Waals surface area contributed by atoms with Crippen LogP contribution in [-0.2, 0) is 4.74 Å². The molecule has 0 unspecified atom stereocenters. The molecule has 4 nitrogen and oxygen atoms in total. The molecule has 0 amide bonds. The molecule has 0 aliphatic rings. The summed E-state index contributed by atoms with van der Waals surface area (Å²) in [5.74, 6) is -0.953. The van der Waals surface area contributed by atoms with E-state index in [-0.39, 0.29) is 12.2 Å². The number of alkyl halides is 2. The molecular formula is C10H7F2IN2O2. The lowest BCUT2D eigenvalue weighted by Gasteiger charge is -2.09. The number of pyridine rings is 1. The zero-order chi connectivity index (χ0) is 13.0. The van der Waals surface area contributed by atoms with Gasteiger partial charge >= 0.3 is 5.97 Å². The van der Waals surface area contributed by atoms with Crippen LogP contribution in [0.1, 0.15) is 35.0 Å². The summed E-state index contributed by atoms with van der Waals surface area (Å²) in [5.41, 5.74) is -1.30. The molecule has 0 N–H and O–H groups in total. The van der Waals surface area contributed by atoms with Gasteiger partial charge in [0.1, 0.15) is 17.3 Å². The molecule has 0 aromatic carbocycles. The quantitative estimate of drug-likeness (QED) is 0.620. The van der Waals surface area contributed by atoms with Crippen molar-refractivity contribution in [2.24, 2.45) is 0 Å². The van der Waals surface area contributed by atoms with Crippen molar-refractivity contribution in [3.05, 3.63) is 26.6 Å². The van der Waals surface area contributed by atoms with Crippen LogP contribution >= 0.6 is 22.6 Å². The molecule has 1 heterocycles. The molecule has 0 fully saturated rings. The van der Waals surface area contributed by atoms with Gasteiger partial charge in [-0.1, -0.05) is 0 Å². The minimum absolute atomic E-state index is 0.0395. The van der Waals surface area contributed by atoms with Gasteiger partial charge in [-0.05, 0) is 29.5 Å². The zero-order valence-electron chi connectivity index (χ0n) is 8.71. The highest BCUT2D eigenvalue weighted by atomic mass is 127. The normalized spacial score (nSPS) is 10.1. The van der Waals surface area contributed by atoms with E-state index in [1.165, 1.54) is 0 Å². The molecule has 0 aliphatic heterocycles. The van der Waals surface area contributed by atoms with Gasteiger partial charge in [0.15, 0.2) is 0 Å². The molecule has 1 aromatic rings. The lowest BCUT2D eigenvalue weighted by Crippen LogP contribution is -2.13. The van der Waals surface area contributed by atoms with E-state index in [1.54, 1.807) is 35.6 Å². The number of rotatable bonds is 3. The first-order valence-corrected chi connectivity index (χ1v) is 5.64. The van der Waals surface area contributed by atoms with Crippen molar-refractivity contribution < 1.29 is 18.3 Å². The van der Waals surface area contributed by atoms with E-state index in [0.29, 0.717) is 3.57 Å². The van der Waals surface area contributed by atoms with Crippen LogP contribution < -0.4 is 0 Å². The van der Waals surface area contributed by atoms with Crippen LogP contribution in [0.3, 0.4) is 0 Å². The van der Waals surface area contributed by atoms with Crippen LogP contribution in [0.2, 0.25) is 0 Å². The van der Waals surface area contributed by atoms with E-state index in [9.17, 15) is 13.6 Å². The summed E-state index contributed by atoms with van der Waals surface area (Å²) in [4.78, 5) is 15.0. The Labute approximate surface area is 110 Å². The van der Waals surface area contributed by atoms with Crippen LogP contribution in [0.25, 0.3) is 0 Å². The van der Waals surface area contributed by atoms with Crippen LogP contribution in [-0.4, -0.2) is 17.6 Å². The number of nitrogens with zero attached hydrogens (tertiary/aromatic N) is 2. The molecule has 17 heavy (non-hydrogen) atoms. The average molecular weight is 352 g/mol. The van der Waals surface area contributed by atoms with Crippen molar-refractivity contribution in [2.75, 3.05) is 6.61 Å². The van der Waals surface area contributed by atoms with Gasteiger partial charge in [0.25, 0.3) is 6.43 Å². The Morgan fingerprint density at radius 2 is 2.35 bits per heavy atom. The topological polar surface area (TPSA) is 63.0 Å². The molecule has 0 spiro atoms. The smallest absolute Gasteiger partial charge is 0.341 e. The van der Waals surface area contributed by atoms with Crippen molar-refractivity contribution >= 4 is 28.6 Å². The fourth-order valence-electron chi connectivity index (χ4n) is 1.19. The minimum atomic E-state index is -2.93. The monoisotopic (exact) mass is 352 g/mol. The Morgan fingerprint density at radius 1 is 1.71 bits per heavy atom. The number of ether oxygens (including phenoxy) is 1. The zero-order valence-corrected chi connectivity index (χ0v) is 10.9. The lowest BCUT2D eigenvalue weighted by molar-refractivity contribution is 0.0513. The van der Waals surface area contributed by atoms with Gasteiger partial charge < -0.3 is 4.74 Å². The highest BCUT2D eigenvalue weighted by Crippen LogP contribution is 2.26. The maximum atomic E-state index is 12.7. The largest absolute Gasteiger partial charge is 0.462 e. The molecule has 0 bridgehead atoms. The summed E-state index contributed by atoms with van der Waals surface area (Å²) in [5, 5.41) is 8.89. The Kier molecular flexibility index (Phi) is 4.74. The number of hydrogen-bond donors (Lipinski definition) is 0. The van der Waals surface area contributed by atoms with Crippen molar-refractivity contribution in [3.63, 3.8) is 0 Å². The van der Waals surface area contributed by atoms with Gasteiger partial charge in [-0.15, -0.1) is 0 Å². The van der Waals surface area contributed by atoms with Gasteiger partial charge in [0.2, 0.25) is 0 Å². The number of halogens is 3. The number of nitriles is 1. The van der Waals surface area contributed by atoms with Crippen LogP contribution in [0.15, 0.2) is 6.20 Å². The Balaban J connectivity index is 3.45. The van der Waals surface area contributed by atoms with E-state index in [0.717, 1.165) is 6.20 Å². The standard InChI is InChI=1S/C10H7F2IN2O2/c1-2-17-10(16)7-5(3-14)6(13)4-15-8(7)9(11)12/h4,9H,2H2,1H3. The number of carbonyl (C=O) groups is 1. The van der Waals surface area contributed by atoms with Gasteiger partial charge in [-0.2, -0.15) is 5.26 Å². The maximum absolute atomic E-state index is 12.7. The fraction of sp³-hybridized carbons (Fsp3) is 0.300. The Morgan fingerprint density at radius 3 is 2.82 bits per heavy atom. The van der Waals surface area contributed by atoms with Crippen molar-refractivity contribution in [2.45, 2.75) is 13.3 Å². The van der Waals surface area contributed by atoms with E-state index in [1.807, 2.05) is 0 Å². The van der Waals surface area contributed by atoms with Gasteiger partial charge in [0, 0.05) is 6.20 Å². The van der Waals surface area contributed by atoms with Crippen LogP contribution in [0, 0.1) is 14.9 Å². The number of carbonyl (C=O) groups excluding carboxylic acids is 1. The molecule has 0 atom stereocenters. The third kappa shape index (κ3) is 2.88. The predicted molar refractivity (Wildman–Crippen MR) is 62.6 cm³/mol. The first-order valence-electron chi connectivity index (χ1n) is 4.56. The third-order valence-corrected chi connectivity index (χ3v) is 2.68. The number of hydrogen-bond acceptors (Lipinski definition) is 4. The highest BCUT2D eigenvalue weighted by molar-refractivity contribution is 14.1. The van der Waals surface area contributed by atoms with Gasteiger partial charge in [0.05, 0.1) is 15.7 Å². The van der Waals surface area contributed by atoms with Crippen molar-refractivity contribution in [1.82, 2.24) is 4.98 Å². The fourth-order valence-corrected chi connectivity index (χ4v) is 1.72. The predicted octanol–water partition coefficient (Wildman–Crippen LogP) is 2.67. The van der Waals surface area contributed by atoms with E-state index in [2.05, 4.69) is 9.72 Å². The summed E-state index contributed by atoms with van der Waals surface area (Å²) < 4.78 is 30.4. The third-order valence-electron chi connectivity index (χ3n) is 1.86. The van der Waals surface area contributed by atoms with E-state index < -0.39 is 23.7 Å². The molecule has 0 aliphatic carbocycles. The molecular weight excluding hydrogens is 345 g/mol. The Bertz CT molecular complexity index is 486. The first-order chi connectivity index (χ1) is 8.02. The molecule has 1 aromatic heterocycles. The van der Waals surface area contributed by atoms with Crippen LogP contribution in [0.4, 0.5) is 8.78 Å². The van der Waals surface area contributed by atoms with Gasteiger partial charge in [-0.3, -0.25) is 4.98 Å². The molecule has 0 saturated carbocycles. The summed E-state index contributed by atoms with van der Waals surface area (Å²) >= 11 is 1.75. The summed E-state index contributed by atoms with van der Waals surface area (Å²) in [6.07, 6.45) is -1.80. The number of esters is 1. The highest BCUT2D eigenvalue weighted by Gasteiger charge is 2.26. The first kappa shape index (κ1) is 13.8. The molecule has 0 saturated heterocycles. The van der Waals surface area contributed by atoms with Crippen molar-refractivity contribution in [1.29, 1.82) is 5.26 Å². The summed E-state index contributed by atoms with van der Waals surface area (Å²) in [7, 11) is 0. The van der Waals surface area contributed by atoms with Gasteiger partial charge in [-0.25, -0.2) is 13.6 Å². The van der Waals surface area contributed by atoms with Crippen LogP contribution in [0.5, 0.6) is 0 Å². The molecule has 90 valence electrons. The average Bonchev–Trinajstić information content (AvgIpc) is 2.28. The van der Waals surface area contributed by atoms with Crippen molar-refractivity contribution in [3.8, 4) is 6.07 Å². The summed E-state index contributed by atoms with van der Waals surface area (Å²) in [6, 6.07) is 1.72. The minimum Gasteiger partial charge on any atom is -0.462 e. The second-order valence-corrected chi connectivity index (χ2v) is 4.04.